The second kappa shape index (κ2) is 5.73. The van der Waals surface area contributed by atoms with Gasteiger partial charge in [0, 0.05) is 27.3 Å². The van der Waals surface area contributed by atoms with Crippen LogP contribution in [0.1, 0.15) is 16.1 Å². The summed E-state index contributed by atoms with van der Waals surface area (Å²) in [6, 6.07) is 15.2. The molecule has 24 heavy (non-hydrogen) atoms. The van der Waals surface area contributed by atoms with Crippen LogP contribution in [-0.2, 0) is 11.3 Å². The van der Waals surface area contributed by atoms with Gasteiger partial charge in [0.2, 0.25) is 0 Å². The normalized spacial score (nSPS) is 12.1. The standard InChI is InChI=1S/C19H14ClNO3/c1-23-19(22)18-16(11-6-2-4-8-14(11)20)13-10-24-15-9-5-3-7-12(15)17(13)21-18/h2-9,21H,10H2,1H3. The summed E-state index contributed by atoms with van der Waals surface area (Å²) >= 11 is 6.37. The van der Waals surface area contributed by atoms with Crippen LogP contribution >= 0.6 is 11.6 Å². The van der Waals surface area contributed by atoms with E-state index in [9.17, 15) is 4.79 Å². The molecule has 1 N–H and O–H groups in total. The first-order valence-electron chi connectivity index (χ1n) is 7.51. The Labute approximate surface area is 144 Å². The predicted octanol–water partition coefficient (Wildman–Crippen LogP) is 4.68. The maximum absolute atomic E-state index is 12.3. The van der Waals surface area contributed by atoms with Gasteiger partial charge in [0.15, 0.2) is 0 Å². The predicted molar refractivity (Wildman–Crippen MR) is 92.3 cm³/mol. The van der Waals surface area contributed by atoms with Gasteiger partial charge in [0.05, 0.1) is 12.8 Å². The zero-order valence-corrected chi connectivity index (χ0v) is 13.7. The van der Waals surface area contributed by atoms with Gasteiger partial charge in [-0.25, -0.2) is 4.79 Å². The van der Waals surface area contributed by atoms with Crippen molar-refractivity contribution in [2.75, 3.05) is 7.11 Å². The fourth-order valence-corrected chi connectivity index (χ4v) is 3.31. The van der Waals surface area contributed by atoms with E-state index >= 15 is 0 Å². The van der Waals surface area contributed by atoms with Crippen LogP contribution < -0.4 is 4.74 Å². The minimum absolute atomic E-state index is 0.362. The zero-order chi connectivity index (χ0) is 16.7. The van der Waals surface area contributed by atoms with E-state index in [2.05, 4.69) is 4.98 Å². The van der Waals surface area contributed by atoms with E-state index in [-0.39, 0.29) is 0 Å². The van der Waals surface area contributed by atoms with Crippen molar-refractivity contribution in [1.82, 2.24) is 4.98 Å². The minimum Gasteiger partial charge on any atom is -0.488 e. The van der Waals surface area contributed by atoms with Crippen LogP contribution in [0.2, 0.25) is 5.02 Å². The number of aromatic amines is 1. The molecule has 0 bridgehead atoms. The molecule has 0 radical (unpaired) electrons. The molecule has 1 aromatic heterocycles. The van der Waals surface area contributed by atoms with Crippen LogP contribution in [0, 0.1) is 0 Å². The number of fused-ring (bicyclic) bond motifs is 3. The largest absolute Gasteiger partial charge is 0.488 e. The van der Waals surface area contributed by atoms with Crippen molar-refractivity contribution < 1.29 is 14.3 Å². The van der Waals surface area contributed by atoms with Crippen molar-refractivity contribution in [3.63, 3.8) is 0 Å². The SMILES string of the molecule is COC(=O)c1[nH]c2c(c1-c1ccccc1Cl)COc1ccccc1-2. The molecule has 4 rings (SSSR count). The van der Waals surface area contributed by atoms with Gasteiger partial charge < -0.3 is 14.5 Å². The lowest BCUT2D eigenvalue weighted by Gasteiger charge is -2.18. The third kappa shape index (κ3) is 2.19. The Morgan fingerprint density at radius 3 is 2.58 bits per heavy atom. The first-order chi connectivity index (χ1) is 11.7. The van der Waals surface area contributed by atoms with Crippen molar-refractivity contribution in [2.24, 2.45) is 0 Å². The molecule has 4 nitrogen and oxygen atoms in total. The number of carbonyl (C=O) groups is 1. The summed E-state index contributed by atoms with van der Waals surface area (Å²) < 4.78 is 10.8. The smallest absolute Gasteiger partial charge is 0.355 e. The zero-order valence-electron chi connectivity index (χ0n) is 12.9. The van der Waals surface area contributed by atoms with E-state index in [1.807, 2.05) is 42.5 Å². The molecule has 2 heterocycles. The average molecular weight is 340 g/mol. The number of ether oxygens (including phenoxy) is 2. The number of esters is 1. The van der Waals surface area contributed by atoms with Crippen molar-refractivity contribution >= 4 is 17.6 Å². The fraction of sp³-hybridized carbons (Fsp3) is 0.105. The van der Waals surface area contributed by atoms with E-state index in [4.69, 9.17) is 21.1 Å². The summed E-state index contributed by atoms with van der Waals surface area (Å²) in [6.45, 7) is 0.362. The lowest BCUT2D eigenvalue weighted by atomic mass is 9.96. The topological polar surface area (TPSA) is 51.3 Å². The highest BCUT2D eigenvalue weighted by Crippen LogP contribution is 2.44. The molecular formula is C19H14ClNO3. The molecule has 3 aromatic rings. The summed E-state index contributed by atoms with van der Waals surface area (Å²) in [6.07, 6.45) is 0. The molecule has 1 aliphatic rings. The number of benzene rings is 2. The monoisotopic (exact) mass is 339 g/mol. The number of nitrogens with one attached hydrogen (secondary N) is 1. The fourth-order valence-electron chi connectivity index (χ4n) is 3.08. The van der Waals surface area contributed by atoms with Gasteiger partial charge in [0.25, 0.3) is 0 Å². The molecule has 0 saturated heterocycles. The van der Waals surface area contributed by atoms with Crippen molar-refractivity contribution in [2.45, 2.75) is 6.61 Å². The van der Waals surface area contributed by atoms with Crippen molar-refractivity contribution in [3.8, 4) is 28.1 Å². The summed E-state index contributed by atoms with van der Waals surface area (Å²) in [5, 5.41) is 0.573. The molecule has 0 aliphatic carbocycles. The highest BCUT2D eigenvalue weighted by molar-refractivity contribution is 6.33. The number of aromatic nitrogens is 1. The summed E-state index contributed by atoms with van der Waals surface area (Å²) in [7, 11) is 1.36. The molecule has 0 saturated carbocycles. The molecule has 120 valence electrons. The number of para-hydroxylation sites is 1. The highest BCUT2D eigenvalue weighted by atomic mass is 35.5. The van der Waals surface area contributed by atoms with E-state index in [0.717, 1.165) is 33.7 Å². The van der Waals surface area contributed by atoms with Crippen LogP contribution in [-0.4, -0.2) is 18.1 Å². The van der Waals surface area contributed by atoms with Crippen LogP contribution in [0.3, 0.4) is 0 Å². The molecule has 0 amide bonds. The Morgan fingerprint density at radius 1 is 1.12 bits per heavy atom. The van der Waals surface area contributed by atoms with E-state index in [0.29, 0.717) is 17.3 Å². The Balaban J connectivity index is 2.02. The quantitative estimate of drug-likeness (QED) is 0.689. The molecule has 2 aromatic carbocycles. The first kappa shape index (κ1) is 14.8. The molecule has 1 aliphatic heterocycles. The molecule has 0 fully saturated rings. The van der Waals surface area contributed by atoms with Gasteiger partial charge in [-0.15, -0.1) is 0 Å². The Morgan fingerprint density at radius 2 is 1.83 bits per heavy atom. The lowest BCUT2D eigenvalue weighted by Crippen LogP contribution is -2.05. The maximum Gasteiger partial charge on any atom is 0.355 e. The Bertz CT molecular complexity index is 946. The lowest BCUT2D eigenvalue weighted by molar-refractivity contribution is 0.0596. The van der Waals surface area contributed by atoms with Gasteiger partial charge in [-0.3, -0.25) is 0 Å². The molecule has 5 heteroatoms. The second-order valence-electron chi connectivity index (χ2n) is 5.48. The van der Waals surface area contributed by atoms with Crippen LogP contribution in [0.5, 0.6) is 5.75 Å². The van der Waals surface area contributed by atoms with Gasteiger partial charge in [-0.2, -0.15) is 0 Å². The van der Waals surface area contributed by atoms with Gasteiger partial charge >= 0.3 is 5.97 Å². The maximum atomic E-state index is 12.3. The van der Waals surface area contributed by atoms with Gasteiger partial charge in [-0.05, 0) is 18.2 Å². The summed E-state index contributed by atoms with van der Waals surface area (Å²) in [5.74, 6) is 0.352. The number of H-pyrrole nitrogens is 1. The number of methoxy groups -OCH3 is 1. The third-order valence-electron chi connectivity index (χ3n) is 4.16. The summed E-state index contributed by atoms with van der Waals surface area (Å²) in [4.78, 5) is 15.5. The molecule has 0 unspecified atom stereocenters. The molecule has 0 spiro atoms. The average Bonchev–Trinajstić information content (AvgIpc) is 3.01. The molecule has 0 atom stereocenters. The van der Waals surface area contributed by atoms with Crippen molar-refractivity contribution in [3.05, 3.63) is 64.8 Å². The van der Waals surface area contributed by atoms with Crippen LogP contribution in [0.4, 0.5) is 0 Å². The first-order valence-corrected chi connectivity index (χ1v) is 7.88. The van der Waals surface area contributed by atoms with Gasteiger partial charge in [-0.1, -0.05) is 41.9 Å². The van der Waals surface area contributed by atoms with Gasteiger partial charge in [0.1, 0.15) is 18.1 Å². The van der Waals surface area contributed by atoms with E-state index in [1.165, 1.54) is 7.11 Å². The number of halogens is 1. The van der Waals surface area contributed by atoms with E-state index in [1.54, 1.807) is 6.07 Å². The van der Waals surface area contributed by atoms with Crippen LogP contribution in [0.25, 0.3) is 22.4 Å². The Hall–Kier alpha value is -2.72. The Kier molecular flexibility index (Phi) is 3.54. The van der Waals surface area contributed by atoms with Crippen LogP contribution in [0.15, 0.2) is 48.5 Å². The third-order valence-corrected chi connectivity index (χ3v) is 4.49. The molecular weight excluding hydrogens is 326 g/mol. The van der Waals surface area contributed by atoms with E-state index < -0.39 is 5.97 Å². The minimum atomic E-state index is -0.434. The number of hydrogen-bond acceptors (Lipinski definition) is 3. The number of rotatable bonds is 2. The van der Waals surface area contributed by atoms with Crippen molar-refractivity contribution in [1.29, 1.82) is 0 Å². The highest BCUT2D eigenvalue weighted by Gasteiger charge is 2.29. The second-order valence-corrected chi connectivity index (χ2v) is 5.89. The number of carbonyl (C=O) groups excluding carboxylic acids is 1. The number of hydrogen-bond donors (Lipinski definition) is 1. The summed E-state index contributed by atoms with van der Waals surface area (Å²) in [5.41, 5.74) is 4.59.